The van der Waals surface area contributed by atoms with E-state index in [0.29, 0.717) is 25.4 Å². The summed E-state index contributed by atoms with van der Waals surface area (Å²) in [6.07, 6.45) is 3.07. The second kappa shape index (κ2) is 4.61. The summed E-state index contributed by atoms with van der Waals surface area (Å²) in [5.74, 6) is 0.293. The van der Waals surface area contributed by atoms with Crippen LogP contribution in [-0.4, -0.2) is 37.0 Å². The summed E-state index contributed by atoms with van der Waals surface area (Å²) in [7, 11) is 0. The summed E-state index contributed by atoms with van der Waals surface area (Å²) in [4.78, 5) is 21.9. The van der Waals surface area contributed by atoms with E-state index in [-0.39, 0.29) is 17.9 Å². The number of amides is 2. The molecule has 2 unspecified atom stereocenters. The largest absolute Gasteiger partial charge is 0.355 e. The van der Waals surface area contributed by atoms with Gasteiger partial charge in [-0.15, -0.1) is 0 Å². The molecule has 15 heavy (non-hydrogen) atoms. The van der Waals surface area contributed by atoms with E-state index in [4.69, 9.17) is 0 Å². The first-order chi connectivity index (χ1) is 7.24. The predicted octanol–water partition coefficient (Wildman–Crippen LogP) is -0.867. The Morgan fingerprint density at radius 2 is 2.00 bits per heavy atom. The lowest BCUT2D eigenvalue weighted by molar-refractivity contribution is -0.122. The first-order valence-electron chi connectivity index (χ1n) is 5.53. The Hall–Kier alpha value is -1.10. The Labute approximate surface area is 89.0 Å². The topological polar surface area (TPSA) is 70.2 Å². The summed E-state index contributed by atoms with van der Waals surface area (Å²) in [5.41, 5.74) is 0. The van der Waals surface area contributed by atoms with Crippen molar-refractivity contribution >= 4 is 11.8 Å². The van der Waals surface area contributed by atoms with Gasteiger partial charge in [-0.1, -0.05) is 0 Å². The molecule has 5 heteroatoms. The highest BCUT2D eigenvalue weighted by atomic mass is 16.2. The third-order valence-corrected chi connectivity index (χ3v) is 3.00. The summed E-state index contributed by atoms with van der Waals surface area (Å²) in [5, 5.41) is 9.12. The number of piperidine rings is 1. The predicted molar refractivity (Wildman–Crippen MR) is 55.2 cm³/mol. The first kappa shape index (κ1) is 10.4. The normalized spacial score (nSPS) is 31.2. The Morgan fingerprint density at radius 1 is 1.20 bits per heavy atom. The molecule has 2 fully saturated rings. The fraction of sp³-hybridized carbons (Fsp3) is 0.800. The van der Waals surface area contributed by atoms with Gasteiger partial charge >= 0.3 is 0 Å². The van der Waals surface area contributed by atoms with Gasteiger partial charge in [0.1, 0.15) is 0 Å². The molecular formula is C10H17N3O2. The Bertz CT molecular complexity index is 257. The van der Waals surface area contributed by atoms with Gasteiger partial charge in [0.2, 0.25) is 11.8 Å². The molecule has 0 bridgehead atoms. The van der Waals surface area contributed by atoms with Crippen molar-refractivity contribution < 1.29 is 9.59 Å². The van der Waals surface area contributed by atoms with Gasteiger partial charge in [-0.2, -0.15) is 0 Å². The third kappa shape index (κ3) is 2.92. The summed E-state index contributed by atoms with van der Waals surface area (Å²) in [6, 6.07) is 0.635. The minimum atomic E-state index is 0.141. The Morgan fingerprint density at radius 3 is 2.60 bits per heavy atom. The van der Waals surface area contributed by atoms with Gasteiger partial charge in [-0.25, -0.2) is 0 Å². The van der Waals surface area contributed by atoms with Crippen LogP contribution in [0.1, 0.15) is 25.7 Å². The quantitative estimate of drug-likeness (QED) is 0.568. The number of carbonyl (C=O) groups excluding carboxylic acids is 2. The highest BCUT2D eigenvalue weighted by Gasteiger charge is 2.23. The van der Waals surface area contributed by atoms with E-state index in [1.54, 1.807) is 0 Å². The lowest BCUT2D eigenvalue weighted by Crippen LogP contribution is -2.48. The molecule has 0 aromatic carbocycles. The molecule has 84 valence electrons. The molecule has 0 saturated carbocycles. The molecule has 0 aromatic heterocycles. The van der Waals surface area contributed by atoms with Crippen molar-refractivity contribution in [3.8, 4) is 0 Å². The van der Waals surface area contributed by atoms with E-state index < -0.39 is 0 Å². The summed E-state index contributed by atoms with van der Waals surface area (Å²) < 4.78 is 0. The number of carbonyl (C=O) groups is 2. The van der Waals surface area contributed by atoms with Gasteiger partial charge in [0.15, 0.2) is 0 Å². The molecule has 2 rings (SSSR count). The van der Waals surface area contributed by atoms with Crippen molar-refractivity contribution in [2.45, 2.75) is 37.8 Å². The van der Waals surface area contributed by atoms with Crippen molar-refractivity contribution in [1.82, 2.24) is 16.0 Å². The average molecular weight is 211 g/mol. The number of rotatable bonds is 3. The van der Waals surface area contributed by atoms with Gasteiger partial charge < -0.3 is 16.0 Å². The fourth-order valence-electron chi connectivity index (χ4n) is 2.05. The molecule has 5 nitrogen and oxygen atoms in total. The molecule has 2 aliphatic rings. The van der Waals surface area contributed by atoms with Crippen molar-refractivity contribution in [2.24, 2.45) is 0 Å². The van der Waals surface area contributed by atoms with E-state index >= 15 is 0 Å². The number of nitrogens with one attached hydrogen (secondary N) is 3. The standard InChI is InChI=1S/C10H17N3O2/c14-9-3-1-7(5-12-9)11-6-8-2-4-10(15)13-8/h7-8,11H,1-6H2,(H,12,14)(H,13,15). The molecule has 2 saturated heterocycles. The smallest absolute Gasteiger partial charge is 0.220 e. The summed E-state index contributed by atoms with van der Waals surface area (Å²) in [6.45, 7) is 1.52. The van der Waals surface area contributed by atoms with Crippen molar-refractivity contribution in [1.29, 1.82) is 0 Å². The fourth-order valence-corrected chi connectivity index (χ4v) is 2.05. The third-order valence-electron chi connectivity index (χ3n) is 3.00. The van der Waals surface area contributed by atoms with E-state index in [1.807, 2.05) is 0 Å². The van der Waals surface area contributed by atoms with Gasteiger partial charge in [-0.05, 0) is 12.8 Å². The van der Waals surface area contributed by atoms with Crippen LogP contribution in [0.5, 0.6) is 0 Å². The van der Waals surface area contributed by atoms with E-state index in [9.17, 15) is 9.59 Å². The van der Waals surface area contributed by atoms with E-state index in [2.05, 4.69) is 16.0 Å². The molecule has 2 heterocycles. The molecule has 2 atom stereocenters. The zero-order chi connectivity index (χ0) is 10.7. The van der Waals surface area contributed by atoms with Crippen LogP contribution in [0, 0.1) is 0 Å². The van der Waals surface area contributed by atoms with Crippen LogP contribution in [0.4, 0.5) is 0 Å². The van der Waals surface area contributed by atoms with E-state index in [1.165, 1.54) is 0 Å². The van der Waals surface area contributed by atoms with Crippen LogP contribution in [0.25, 0.3) is 0 Å². The molecular weight excluding hydrogens is 194 g/mol. The van der Waals surface area contributed by atoms with Crippen molar-refractivity contribution in [2.75, 3.05) is 13.1 Å². The molecule has 0 radical (unpaired) electrons. The zero-order valence-electron chi connectivity index (χ0n) is 8.71. The Kier molecular flexibility index (Phi) is 3.20. The number of hydrogen-bond donors (Lipinski definition) is 3. The maximum atomic E-state index is 11.0. The average Bonchev–Trinajstić information content (AvgIpc) is 2.64. The minimum Gasteiger partial charge on any atom is -0.355 e. The lowest BCUT2D eigenvalue weighted by atomic mass is 10.1. The van der Waals surface area contributed by atoms with Crippen LogP contribution < -0.4 is 16.0 Å². The second-order valence-corrected chi connectivity index (χ2v) is 4.25. The van der Waals surface area contributed by atoms with Gasteiger partial charge in [0, 0.05) is 38.0 Å². The van der Waals surface area contributed by atoms with Crippen LogP contribution in [0.15, 0.2) is 0 Å². The van der Waals surface area contributed by atoms with Crippen LogP contribution in [0.3, 0.4) is 0 Å². The van der Waals surface area contributed by atoms with Gasteiger partial charge in [0.25, 0.3) is 0 Å². The van der Waals surface area contributed by atoms with E-state index in [0.717, 1.165) is 19.4 Å². The SMILES string of the molecule is O=C1CCC(NCC2CCC(=O)N2)CN1. The second-order valence-electron chi connectivity index (χ2n) is 4.25. The van der Waals surface area contributed by atoms with Gasteiger partial charge in [0.05, 0.1) is 0 Å². The molecule has 2 aliphatic heterocycles. The molecule has 0 aliphatic carbocycles. The number of hydrogen-bond acceptors (Lipinski definition) is 3. The van der Waals surface area contributed by atoms with Crippen molar-refractivity contribution in [3.63, 3.8) is 0 Å². The molecule has 3 N–H and O–H groups in total. The monoisotopic (exact) mass is 211 g/mol. The maximum absolute atomic E-state index is 11.0. The minimum absolute atomic E-state index is 0.141. The molecule has 2 amide bonds. The lowest BCUT2D eigenvalue weighted by Gasteiger charge is -2.24. The van der Waals surface area contributed by atoms with Crippen LogP contribution >= 0.6 is 0 Å². The zero-order valence-corrected chi connectivity index (χ0v) is 8.71. The highest BCUT2D eigenvalue weighted by Crippen LogP contribution is 2.07. The van der Waals surface area contributed by atoms with Crippen LogP contribution in [0.2, 0.25) is 0 Å². The molecule has 0 aromatic rings. The highest BCUT2D eigenvalue weighted by molar-refractivity contribution is 5.78. The summed E-state index contributed by atoms with van der Waals surface area (Å²) >= 11 is 0. The maximum Gasteiger partial charge on any atom is 0.220 e. The van der Waals surface area contributed by atoms with Crippen molar-refractivity contribution in [3.05, 3.63) is 0 Å². The molecule has 0 spiro atoms. The van der Waals surface area contributed by atoms with Gasteiger partial charge in [-0.3, -0.25) is 9.59 Å². The Balaban J connectivity index is 1.65. The van der Waals surface area contributed by atoms with Crippen LogP contribution in [-0.2, 0) is 9.59 Å². The first-order valence-corrected chi connectivity index (χ1v) is 5.53.